The summed E-state index contributed by atoms with van der Waals surface area (Å²) >= 11 is 3.37. The van der Waals surface area contributed by atoms with Gasteiger partial charge in [-0.25, -0.2) is 4.98 Å². The molecule has 0 aliphatic rings. The Bertz CT molecular complexity index is 510. The number of oxazole rings is 1. The molecule has 0 saturated heterocycles. The van der Waals surface area contributed by atoms with E-state index in [0.717, 1.165) is 22.8 Å². The lowest BCUT2D eigenvalue weighted by Gasteiger charge is -2.08. The lowest BCUT2D eigenvalue weighted by molar-refractivity contribution is 0.403. The number of nitrogens with zero attached hydrogens (tertiary/aromatic N) is 1. The molecule has 0 spiro atoms. The zero-order valence-corrected chi connectivity index (χ0v) is 11.2. The Hall–Kier alpha value is -1.49. The predicted molar refractivity (Wildman–Crippen MR) is 67.7 cm³/mol. The van der Waals surface area contributed by atoms with Crippen LogP contribution in [0.3, 0.4) is 0 Å². The summed E-state index contributed by atoms with van der Waals surface area (Å²) in [4.78, 5) is 4.13. The Labute approximate surface area is 108 Å². The molecule has 0 fully saturated rings. The van der Waals surface area contributed by atoms with Crippen molar-refractivity contribution < 1.29 is 13.9 Å². The van der Waals surface area contributed by atoms with Gasteiger partial charge in [0.2, 0.25) is 0 Å². The van der Waals surface area contributed by atoms with Gasteiger partial charge in [-0.15, -0.1) is 0 Å². The van der Waals surface area contributed by atoms with Crippen LogP contribution in [0.25, 0.3) is 11.3 Å². The number of methoxy groups -OCH3 is 2. The second-order valence-electron chi connectivity index (χ2n) is 3.33. The maximum absolute atomic E-state index is 5.41. The van der Waals surface area contributed by atoms with Crippen molar-refractivity contribution in [3.63, 3.8) is 0 Å². The second kappa shape index (κ2) is 5.23. The van der Waals surface area contributed by atoms with Crippen LogP contribution < -0.4 is 9.47 Å². The van der Waals surface area contributed by atoms with E-state index in [1.807, 2.05) is 18.2 Å². The molecular weight excluding hydrogens is 286 g/mol. The molecule has 90 valence electrons. The summed E-state index contributed by atoms with van der Waals surface area (Å²) < 4.78 is 15.9. The molecular formula is C12H12BrNO3. The van der Waals surface area contributed by atoms with Gasteiger partial charge >= 0.3 is 0 Å². The first-order chi connectivity index (χ1) is 8.30. The van der Waals surface area contributed by atoms with Crippen molar-refractivity contribution in [3.8, 4) is 22.8 Å². The Balaban J connectivity index is 2.56. The summed E-state index contributed by atoms with van der Waals surface area (Å²) in [5.41, 5.74) is 1.66. The summed E-state index contributed by atoms with van der Waals surface area (Å²) in [6, 6.07) is 5.55. The zero-order chi connectivity index (χ0) is 12.3. The van der Waals surface area contributed by atoms with Crippen molar-refractivity contribution in [3.05, 3.63) is 30.3 Å². The lowest BCUT2D eigenvalue weighted by atomic mass is 10.1. The number of ether oxygens (including phenoxy) is 2. The van der Waals surface area contributed by atoms with Gasteiger partial charge in [0, 0.05) is 5.33 Å². The average Bonchev–Trinajstić information content (AvgIpc) is 2.86. The topological polar surface area (TPSA) is 44.5 Å². The molecule has 0 N–H and O–H groups in total. The van der Waals surface area contributed by atoms with Crippen LogP contribution in [0.15, 0.2) is 29.0 Å². The fourth-order valence-electron chi connectivity index (χ4n) is 1.57. The first-order valence-electron chi connectivity index (χ1n) is 5.01. The van der Waals surface area contributed by atoms with Crippen LogP contribution in [-0.2, 0) is 5.33 Å². The molecule has 0 saturated carbocycles. The molecule has 1 aromatic carbocycles. The van der Waals surface area contributed by atoms with E-state index in [1.54, 1.807) is 14.2 Å². The maximum atomic E-state index is 5.41. The van der Waals surface area contributed by atoms with Crippen molar-refractivity contribution in [1.82, 2.24) is 4.98 Å². The van der Waals surface area contributed by atoms with Gasteiger partial charge in [-0.1, -0.05) is 15.9 Å². The summed E-state index contributed by atoms with van der Waals surface area (Å²) in [5, 5.41) is 0.624. The minimum atomic E-state index is 0.624. The van der Waals surface area contributed by atoms with Gasteiger partial charge in [0.25, 0.3) is 0 Å². The number of hydrogen-bond acceptors (Lipinski definition) is 4. The highest BCUT2D eigenvalue weighted by molar-refractivity contribution is 9.08. The van der Waals surface area contributed by atoms with Crippen molar-refractivity contribution in [2.24, 2.45) is 0 Å². The largest absolute Gasteiger partial charge is 0.497 e. The van der Waals surface area contributed by atoms with Crippen molar-refractivity contribution in [2.75, 3.05) is 14.2 Å². The molecule has 2 aromatic rings. The number of aromatic nitrogens is 1. The maximum Gasteiger partial charge on any atom is 0.181 e. The normalized spacial score (nSPS) is 10.3. The smallest absolute Gasteiger partial charge is 0.181 e. The fraction of sp³-hybridized carbons (Fsp3) is 0.250. The minimum absolute atomic E-state index is 0.624. The van der Waals surface area contributed by atoms with E-state index in [-0.39, 0.29) is 0 Å². The second-order valence-corrected chi connectivity index (χ2v) is 3.89. The monoisotopic (exact) mass is 297 g/mol. The van der Waals surface area contributed by atoms with Crippen molar-refractivity contribution >= 4 is 15.9 Å². The van der Waals surface area contributed by atoms with Gasteiger partial charge in [0.1, 0.15) is 11.5 Å². The van der Waals surface area contributed by atoms with E-state index in [9.17, 15) is 0 Å². The van der Waals surface area contributed by atoms with Gasteiger partial charge in [0.05, 0.1) is 25.5 Å². The highest BCUT2D eigenvalue weighted by Gasteiger charge is 2.15. The molecule has 4 nitrogen and oxygen atoms in total. The Morgan fingerprint density at radius 2 is 2.12 bits per heavy atom. The van der Waals surface area contributed by atoms with Gasteiger partial charge in [-0.2, -0.15) is 0 Å². The quantitative estimate of drug-likeness (QED) is 0.813. The number of hydrogen-bond donors (Lipinski definition) is 0. The van der Waals surface area contributed by atoms with Crippen LogP contribution in [0.4, 0.5) is 0 Å². The molecule has 0 unspecified atom stereocenters. The molecule has 1 heterocycles. The van der Waals surface area contributed by atoms with E-state index in [4.69, 9.17) is 13.9 Å². The minimum Gasteiger partial charge on any atom is -0.497 e. The zero-order valence-electron chi connectivity index (χ0n) is 9.57. The van der Waals surface area contributed by atoms with Gasteiger partial charge in [0.15, 0.2) is 12.2 Å². The van der Waals surface area contributed by atoms with Crippen LogP contribution >= 0.6 is 15.9 Å². The number of benzene rings is 1. The molecule has 2 rings (SSSR count). The molecule has 1 aromatic heterocycles. The Kier molecular flexibility index (Phi) is 3.68. The molecule has 0 radical (unpaired) electrons. The van der Waals surface area contributed by atoms with Crippen LogP contribution in [0, 0.1) is 0 Å². The summed E-state index contributed by atoms with van der Waals surface area (Å²) in [5.74, 6) is 2.17. The van der Waals surface area contributed by atoms with Crippen LogP contribution in [0.5, 0.6) is 11.5 Å². The van der Waals surface area contributed by atoms with Crippen molar-refractivity contribution in [1.29, 1.82) is 0 Å². The van der Waals surface area contributed by atoms with Crippen LogP contribution in [0.2, 0.25) is 0 Å². The van der Waals surface area contributed by atoms with E-state index in [0.29, 0.717) is 11.1 Å². The summed E-state index contributed by atoms with van der Waals surface area (Å²) in [7, 11) is 3.24. The number of halogens is 1. The van der Waals surface area contributed by atoms with Gasteiger partial charge < -0.3 is 13.9 Å². The van der Waals surface area contributed by atoms with Gasteiger partial charge in [-0.05, 0) is 18.2 Å². The SMILES string of the molecule is COc1ccc(OC)c(-c2ocnc2CBr)c1. The molecule has 5 heteroatoms. The lowest BCUT2D eigenvalue weighted by Crippen LogP contribution is -1.91. The van der Waals surface area contributed by atoms with Crippen LogP contribution in [-0.4, -0.2) is 19.2 Å². The standard InChI is InChI=1S/C12H12BrNO3/c1-15-8-3-4-11(16-2)9(5-8)12-10(6-13)14-7-17-12/h3-5,7H,6H2,1-2H3. The third kappa shape index (κ3) is 2.29. The molecule has 0 atom stereocenters. The Morgan fingerprint density at radius 3 is 2.76 bits per heavy atom. The molecule has 0 amide bonds. The highest BCUT2D eigenvalue weighted by Crippen LogP contribution is 2.35. The fourth-order valence-corrected chi connectivity index (χ4v) is 1.97. The summed E-state index contributed by atoms with van der Waals surface area (Å²) in [6.45, 7) is 0. The molecule has 17 heavy (non-hydrogen) atoms. The first kappa shape index (κ1) is 12.0. The average molecular weight is 298 g/mol. The van der Waals surface area contributed by atoms with Crippen LogP contribution in [0.1, 0.15) is 5.69 Å². The molecule has 0 aliphatic heterocycles. The molecule has 0 bridgehead atoms. The highest BCUT2D eigenvalue weighted by atomic mass is 79.9. The van der Waals surface area contributed by atoms with E-state index < -0.39 is 0 Å². The first-order valence-corrected chi connectivity index (χ1v) is 6.13. The Morgan fingerprint density at radius 1 is 1.29 bits per heavy atom. The number of rotatable bonds is 4. The van der Waals surface area contributed by atoms with E-state index in [1.165, 1.54) is 6.39 Å². The third-order valence-electron chi connectivity index (χ3n) is 2.42. The summed E-state index contributed by atoms with van der Waals surface area (Å²) in [6.07, 6.45) is 1.42. The third-order valence-corrected chi connectivity index (χ3v) is 2.95. The molecule has 0 aliphatic carbocycles. The van der Waals surface area contributed by atoms with Crippen molar-refractivity contribution in [2.45, 2.75) is 5.33 Å². The van der Waals surface area contributed by atoms with Gasteiger partial charge in [-0.3, -0.25) is 0 Å². The predicted octanol–water partition coefficient (Wildman–Crippen LogP) is 3.25. The van der Waals surface area contributed by atoms with E-state index in [2.05, 4.69) is 20.9 Å². The number of alkyl halides is 1. The van der Waals surface area contributed by atoms with E-state index >= 15 is 0 Å².